The molecule has 0 bridgehead atoms. The Morgan fingerprint density at radius 3 is 2.52 bits per heavy atom. The lowest BCUT2D eigenvalue weighted by Crippen LogP contribution is -2.31. The molecule has 6 heteroatoms. The number of rotatable bonds is 5. The van der Waals surface area contributed by atoms with Gasteiger partial charge in [-0.25, -0.2) is 4.98 Å². The molecule has 0 aliphatic carbocycles. The molecule has 27 heavy (non-hydrogen) atoms. The van der Waals surface area contributed by atoms with E-state index in [0.29, 0.717) is 24.0 Å². The first-order chi connectivity index (χ1) is 12.9. The number of fused-ring (bicyclic) bond motifs is 1. The summed E-state index contributed by atoms with van der Waals surface area (Å²) in [4.78, 5) is 30.0. The molecule has 0 unspecified atom stereocenters. The zero-order valence-corrected chi connectivity index (χ0v) is 16.5. The highest BCUT2D eigenvalue weighted by Gasteiger charge is 2.28. The molecule has 2 N–H and O–H groups in total. The molecule has 1 aliphatic heterocycles. The number of aromatic nitrogens is 2. The maximum atomic E-state index is 13.0. The molecule has 2 aromatic rings. The SMILES string of the molecule is CC(C)NC(=O)c1nc(C(=O)Nc2ccccc2C(C)C)n2c1CCCC2. The van der Waals surface area contributed by atoms with Gasteiger partial charge in [-0.2, -0.15) is 0 Å². The monoisotopic (exact) mass is 368 g/mol. The highest BCUT2D eigenvalue weighted by molar-refractivity contribution is 6.04. The smallest absolute Gasteiger partial charge is 0.291 e. The molecule has 1 aromatic heterocycles. The van der Waals surface area contributed by atoms with Crippen molar-refractivity contribution in [2.45, 2.75) is 65.5 Å². The summed E-state index contributed by atoms with van der Waals surface area (Å²) in [5, 5.41) is 5.89. The van der Waals surface area contributed by atoms with E-state index >= 15 is 0 Å². The van der Waals surface area contributed by atoms with Gasteiger partial charge in [-0.15, -0.1) is 0 Å². The number of nitrogens with one attached hydrogen (secondary N) is 2. The first-order valence-corrected chi connectivity index (χ1v) is 9.69. The van der Waals surface area contributed by atoms with E-state index in [1.165, 1.54) is 0 Å². The van der Waals surface area contributed by atoms with Crippen LogP contribution in [0.25, 0.3) is 0 Å². The van der Waals surface area contributed by atoms with Crippen LogP contribution in [-0.2, 0) is 13.0 Å². The van der Waals surface area contributed by atoms with Crippen molar-refractivity contribution in [1.29, 1.82) is 0 Å². The average Bonchev–Trinajstić information content (AvgIpc) is 3.01. The number of para-hydroxylation sites is 1. The van der Waals surface area contributed by atoms with E-state index in [0.717, 1.165) is 36.2 Å². The lowest BCUT2D eigenvalue weighted by Gasteiger charge is -2.18. The number of amides is 2. The fourth-order valence-electron chi connectivity index (χ4n) is 3.52. The van der Waals surface area contributed by atoms with Gasteiger partial charge in [0.25, 0.3) is 11.8 Å². The van der Waals surface area contributed by atoms with E-state index < -0.39 is 0 Å². The summed E-state index contributed by atoms with van der Waals surface area (Å²) in [6, 6.07) is 7.82. The molecule has 6 nitrogen and oxygen atoms in total. The number of anilines is 1. The van der Waals surface area contributed by atoms with Gasteiger partial charge in [0.05, 0.1) is 5.69 Å². The molecule has 1 aliphatic rings. The van der Waals surface area contributed by atoms with Crippen LogP contribution in [-0.4, -0.2) is 27.4 Å². The molecule has 2 amide bonds. The largest absolute Gasteiger partial charge is 0.348 e. The van der Waals surface area contributed by atoms with Crippen LogP contribution in [0.1, 0.15) is 78.8 Å². The van der Waals surface area contributed by atoms with Crippen LogP contribution in [0.2, 0.25) is 0 Å². The van der Waals surface area contributed by atoms with Crippen LogP contribution in [0.5, 0.6) is 0 Å². The lowest BCUT2D eigenvalue weighted by molar-refractivity contribution is 0.0937. The van der Waals surface area contributed by atoms with Crippen molar-refractivity contribution < 1.29 is 9.59 Å². The Bertz CT molecular complexity index is 852. The maximum Gasteiger partial charge on any atom is 0.291 e. The quantitative estimate of drug-likeness (QED) is 0.844. The second-order valence-electron chi connectivity index (χ2n) is 7.66. The van der Waals surface area contributed by atoms with Gasteiger partial charge in [-0.1, -0.05) is 32.0 Å². The Kier molecular flexibility index (Phi) is 5.63. The van der Waals surface area contributed by atoms with Gasteiger partial charge in [-0.3, -0.25) is 9.59 Å². The minimum atomic E-state index is -0.269. The summed E-state index contributed by atoms with van der Waals surface area (Å²) >= 11 is 0. The highest BCUT2D eigenvalue weighted by atomic mass is 16.2. The van der Waals surface area contributed by atoms with Crippen molar-refractivity contribution in [3.05, 3.63) is 47.0 Å². The Morgan fingerprint density at radius 2 is 1.81 bits per heavy atom. The van der Waals surface area contributed by atoms with Crippen LogP contribution >= 0.6 is 0 Å². The third-order valence-corrected chi connectivity index (χ3v) is 4.79. The predicted molar refractivity (Wildman–Crippen MR) is 106 cm³/mol. The number of imidazole rings is 1. The van der Waals surface area contributed by atoms with E-state index in [-0.39, 0.29) is 17.9 Å². The molecule has 0 spiro atoms. The highest BCUT2D eigenvalue weighted by Crippen LogP contribution is 2.26. The van der Waals surface area contributed by atoms with Gasteiger partial charge >= 0.3 is 0 Å². The van der Waals surface area contributed by atoms with E-state index in [2.05, 4.69) is 29.5 Å². The van der Waals surface area contributed by atoms with Crippen molar-refractivity contribution in [3.8, 4) is 0 Å². The Balaban J connectivity index is 1.94. The number of nitrogens with zero attached hydrogens (tertiary/aromatic N) is 2. The van der Waals surface area contributed by atoms with Crippen LogP contribution in [0.15, 0.2) is 24.3 Å². The molecule has 1 aromatic carbocycles. The molecule has 0 saturated carbocycles. The lowest BCUT2D eigenvalue weighted by atomic mass is 10.0. The van der Waals surface area contributed by atoms with Crippen molar-refractivity contribution in [1.82, 2.24) is 14.9 Å². The Morgan fingerprint density at radius 1 is 1.07 bits per heavy atom. The van der Waals surface area contributed by atoms with Crippen LogP contribution < -0.4 is 10.6 Å². The Labute approximate surface area is 160 Å². The van der Waals surface area contributed by atoms with E-state index in [1.807, 2.05) is 42.7 Å². The first kappa shape index (κ1) is 19.1. The second kappa shape index (κ2) is 7.94. The fourth-order valence-corrected chi connectivity index (χ4v) is 3.52. The summed E-state index contributed by atoms with van der Waals surface area (Å²) in [7, 11) is 0. The number of hydrogen-bond donors (Lipinski definition) is 2. The minimum Gasteiger partial charge on any atom is -0.348 e. The second-order valence-corrected chi connectivity index (χ2v) is 7.66. The summed E-state index contributed by atoms with van der Waals surface area (Å²) in [5.74, 6) is 0.132. The Hall–Kier alpha value is -2.63. The third-order valence-electron chi connectivity index (χ3n) is 4.79. The van der Waals surface area contributed by atoms with Crippen molar-refractivity contribution in [2.24, 2.45) is 0 Å². The van der Waals surface area contributed by atoms with Crippen LogP contribution in [0.3, 0.4) is 0 Å². The van der Waals surface area contributed by atoms with Crippen molar-refractivity contribution in [3.63, 3.8) is 0 Å². The first-order valence-electron chi connectivity index (χ1n) is 9.69. The minimum absolute atomic E-state index is 0.0219. The van der Waals surface area contributed by atoms with Gasteiger partial charge < -0.3 is 15.2 Å². The van der Waals surface area contributed by atoms with Crippen molar-refractivity contribution >= 4 is 17.5 Å². The summed E-state index contributed by atoms with van der Waals surface area (Å²) in [6.45, 7) is 8.73. The molecule has 0 atom stereocenters. The third kappa shape index (κ3) is 4.04. The van der Waals surface area contributed by atoms with Gasteiger partial charge in [0.2, 0.25) is 0 Å². The molecule has 0 radical (unpaired) electrons. The van der Waals surface area contributed by atoms with Gasteiger partial charge in [0.1, 0.15) is 5.69 Å². The number of carbonyl (C=O) groups excluding carboxylic acids is 2. The van der Waals surface area contributed by atoms with E-state index in [9.17, 15) is 9.59 Å². The molecule has 3 rings (SSSR count). The molecular weight excluding hydrogens is 340 g/mol. The fraction of sp³-hybridized carbons (Fsp3) is 0.476. The standard InChI is InChI=1S/C21H28N4O2/c1-13(2)15-9-5-6-10-16(15)23-21(27)19-24-18(20(26)22-14(3)4)17-11-7-8-12-25(17)19/h5-6,9-10,13-14H,7-8,11-12H2,1-4H3,(H,22,26)(H,23,27). The predicted octanol–water partition coefficient (Wildman–Crippen LogP) is 3.73. The molecule has 0 saturated heterocycles. The molecule has 0 fully saturated rings. The van der Waals surface area contributed by atoms with E-state index in [1.54, 1.807) is 0 Å². The zero-order chi connectivity index (χ0) is 19.6. The van der Waals surface area contributed by atoms with Crippen LogP contribution in [0, 0.1) is 0 Å². The summed E-state index contributed by atoms with van der Waals surface area (Å²) < 4.78 is 1.91. The van der Waals surface area contributed by atoms with Gasteiger partial charge in [0.15, 0.2) is 5.82 Å². The van der Waals surface area contributed by atoms with E-state index in [4.69, 9.17) is 0 Å². The van der Waals surface area contributed by atoms with Gasteiger partial charge in [0, 0.05) is 18.3 Å². The topological polar surface area (TPSA) is 76.0 Å². The number of hydrogen-bond acceptors (Lipinski definition) is 3. The molecule has 2 heterocycles. The van der Waals surface area contributed by atoms with Crippen LogP contribution in [0.4, 0.5) is 5.69 Å². The zero-order valence-electron chi connectivity index (χ0n) is 16.5. The number of benzene rings is 1. The average molecular weight is 368 g/mol. The van der Waals surface area contributed by atoms with Gasteiger partial charge in [-0.05, 0) is 50.7 Å². The molecular formula is C21H28N4O2. The van der Waals surface area contributed by atoms with Crippen molar-refractivity contribution in [2.75, 3.05) is 5.32 Å². The number of carbonyl (C=O) groups is 2. The normalized spacial score (nSPS) is 13.6. The molecule has 144 valence electrons. The maximum absolute atomic E-state index is 13.0. The summed E-state index contributed by atoms with van der Waals surface area (Å²) in [6.07, 6.45) is 2.76. The summed E-state index contributed by atoms with van der Waals surface area (Å²) in [5.41, 5.74) is 3.11.